The lowest BCUT2D eigenvalue weighted by atomic mass is 10.1. The Hall–Kier alpha value is -2.87. The zero-order valence-corrected chi connectivity index (χ0v) is 15.8. The van der Waals surface area contributed by atoms with Crippen LogP contribution in [0.1, 0.15) is 16.3 Å². The number of anilines is 1. The molecule has 0 aliphatic rings. The minimum Gasteiger partial charge on any atom is -0.493 e. The average Bonchev–Trinajstić information content (AvgIpc) is 3.21. The van der Waals surface area contributed by atoms with E-state index >= 15 is 0 Å². The standard InChI is InChI=1S/C18H19N3O4S/c1-10-13(9-16(26-10)18-19-11(2)25-21-18)20-17(22)8-12-5-6-14(23-3)15(7-12)24-4/h5-7,9H,8H2,1-4H3,(H,20,22). The Labute approximate surface area is 154 Å². The molecule has 1 aromatic carbocycles. The topological polar surface area (TPSA) is 86.5 Å². The van der Waals surface area contributed by atoms with Gasteiger partial charge in [0.05, 0.1) is 31.2 Å². The number of benzene rings is 1. The summed E-state index contributed by atoms with van der Waals surface area (Å²) in [4.78, 5) is 18.4. The molecule has 0 spiro atoms. The summed E-state index contributed by atoms with van der Waals surface area (Å²) in [5, 5.41) is 6.84. The fourth-order valence-electron chi connectivity index (χ4n) is 2.49. The van der Waals surface area contributed by atoms with Crippen molar-refractivity contribution in [2.75, 3.05) is 19.5 Å². The molecule has 0 radical (unpaired) electrons. The van der Waals surface area contributed by atoms with Crippen molar-refractivity contribution >= 4 is 22.9 Å². The first kappa shape index (κ1) is 17.9. The van der Waals surface area contributed by atoms with Gasteiger partial charge in [0.25, 0.3) is 0 Å². The number of hydrogen-bond donors (Lipinski definition) is 1. The summed E-state index contributed by atoms with van der Waals surface area (Å²) < 4.78 is 15.5. The van der Waals surface area contributed by atoms with Crippen molar-refractivity contribution in [1.82, 2.24) is 10.1 Å². The summed E-state index contributed by atoms with van der Waals surface area (Å²) in [5.74, 6) is 2.14. The molecule has 26 heavy (non-hydrogen) atoms. The lowest BCUT2D eigenvalue weighted by Gasteiger charge is -2.09. The molecule has 2 heterocycles. The number of nitrogens with one attached hydrogen (secondary N) is 1. The van der Waals surface area contributed by atoms with E-state index in [0.717, 1.165) is 21.0 Å². The molecule has 0 fully saturated rings. The van der Waals surface area contributed by atoms with Gasteiger partial charge in [-0.05, 0) is 30.7 Å². The molecule has 2 aromatic heterocycles. The van der Waals surface area contributed by atoms with E-state index in [-0.39, 0.29) is 12.3 Å². The zero-order valence-electron chi connectivity index (χ0n) is 15.0. The molecule has 0 aliphatic heterocycles. The summed E-state index contributed by atoms with van der Waals surface area (Å²) in [5.41, 5.74) is 1.58. The molecule has 3 rings (SSSR count). The van der Waals surface area contributed by atoms with Crippen LogP contribution in [0, 0.1) is 13.8 Å². The van der Waals surface area contributed by atoms with Crippen molar-refractivity contribution < 1.29 is 18.8 Å². The first-order valence-electron chi connectivity index (χ1n) is 7.92. The Balaban J connectivity index is 1.71. The van der Waals surface area contributed by atoms with Gasteiger partial charge in [-0.1, -0.05) is 11.2 Å². The smallest absolute Gasteiger partial charge is 0.228 e. The van der Waals surface area contributed by atoms with E-state index in [0.29, 0.717) is 23.2 Å². The van der Waals surface area contributed by atoms with Crippen LogP contribution in [0.4, 0.5) is 5.69 Å². The summed E-state index contributed by atoms with van der Waals surface area (Å²) in [6.45, 7) is 3.68. The predicted octanol–water partition coefficient (Wildman–Crippen LogP) is 3.61. The van der Waals surface area contributed by atoms with Crippen LogP contribution >= 0.6 is 11.3 Å². The first-order chi connectivity index (χ1) is 12.5. The third kappa shape index (κ3) is 3.85. The van der Waals surface area contributed by atoms with E-state index in [2.05, 4.69) is 15.5 Å². The molecule has 0 saturated heterocycles. The summed E-state index contributed by atoms with van der Waals surface area (Å²) in [6.07, 6.45) is 0.228. The number of amides is 1. The number of nitrogens with zero attached hydrogens (tertiary/aromatic N) is 2. The van der Waals surface area contributed by atoms with Crippen LogP contribution in [-0.4, -0.2) is 30.3 Å². The van der Waals surface area contributed by atoms with Crippen molar-refractivity contribution in [2.45, 2.75) is 20.3 Å². The molecule has 0 unspecified atom stereocenters. The molecular formula is C18H19N3O4S. The van der Waals surface area contributed by atoms with Gasteiger partial charge >= 0.3 is 0 Å². The van der Waals surface area contributed by atoms with Crippen LogP contribution in [0.3, 0.4) is 0 Å². The first-order valence-corrected chi connectivity index (χ1v) is 8.73. The number of carbonyl (C=O) groups excluding carboxylic acids is 1. The highest BCUT2D eigenvalue weighted by atomic mass is 32.1. The predicted molar refractivity (Wildman–Crippen MR) is 99.0 cm³/mol. The lowest BCUT2D eigenvalue weighted by Crippen LogP contribution is -2.14. The van der Waals surface area contributed by atoms with E-state index in [1.54, 1.807) is 33.3 Å². The van der Waals surface area contributed by atoms with E-state index < -0.39 is 0 Å². The van der Waals surface area contributed by atoms with Crippen molar-refractivity contribution in [2.24, 2.45) is 0 Å². The highest BCUT2D eigenvalue weighted by molar-refractivity contribution is 7.16. The third-order valence-electron chi connectivity index (χ3n) is 3.75. The van der Waals surface area contributed by atoms with Crippen LogP contribution < -0.4 is 14.8 Å². The van der Waals surface area contributed by atoms with Crippen LogP contribution in [0.5, 0.6) is 11.5 Å². The second-order valence-electron chi connectivity index (χ2n) is 5.63. The number of carbonyl (C=O) groups is 1. The number of rotatable bonds is 6. The molecule has 8 heteroatoms. The van der Waals surface area contributed by atoms with Crippen molar-refractivity contribution in [3.8, 4) is 22.2 Å². The minimum absolute atomic E-state index is 0.117. The van der Waals surface area contributed by atoms with Gasteiger partial charge < -0.3 is 19.3 Å². The Morgan fingerprint density at radius 2 is 1.96 bits per heavy atom. The number of hydrogen-bond acceptors (Lipinski definition) is 7. The largest absolute Gasteiger partial charge is 0.493 e. The lowest BCUT2D eigenvalue weighted by molar-refractivity contribution is -0.115. The van der Waals surface area contributed by atoms with Gasteiger partial charge in [-0.2, -0.15) is 4.98 Å². The second kappa shape index (κ2) is 7.57. The summed E-state index contributed by atoms with van der Waals surface area (Å²) in [6, 6.07) is 7.28. The van der Waals surface area contributed by atoms with Gasteiger partial charge in [-0.15, -0.1) is 11.3 Å². The summed E-state index contributed by atoms with van der Waals surface area (Å²) >= 11 is 1.50. The molecule has 136 valence electrons. The Morgan fingerprint density at radius 1 is 1.19 bits per heavy atom. The molecule has 1 N–H and O–H groups in total. The van der Waals surface area contributed by atoms with Crippen LogP contribution in [-0.2, 0) is 11.2 Å². The third-order valence-corrected chi connectivity index (χ3v) is 4.80. The van der Waals surface area contributed by atoms with Crippen molar-refractivity contribution in [3.63, 3.8) is 0 Å². The van der Waals surface area contributed by atoms with Crippen LogP contribution in [0.25, 0.3) is 10.7 Å². The quantitative estimate of drug-likeness (QED) is 0.710. The van der Waals surface area contributed by atoms with Crippen LogP contribution in [0.2, 0.25) is 0 Å². The number of aryl methyl sites for hydroxylation is 2. The molecule has 3 aromatic rings. The molecule has 7 nitrogen and oxygen atoms in total. The molecular weight excluding hydrogens is 354 g/mol. The maximum Gasteiger partial charge on any atom is 0.228 e. The van der Waals surface area contributed by atoms with Gasteiger partial charge in [0.15, 0.2) is 11.5 Å². The van der Waals surface area contributed by atoms with Gasteiger partial charge in [-0.3, -0.25) is 4.79 Å². The number of methoxy groups -OCH3 is 2. The fraction of sp³-hybridized carbons (Fsp3) is 0.278. The molecule has 0 bridgehead atoms. The molecule has 0 saturated carbocycles. The normalized spacial score (nSPS) is 10.6. The van der Waals surface area contributed by atoms with E-state index in [1.165, 1.54) is 11.3 Å². The second-order valence-corrected chi connectivity index (χ2v) is 6.89. The van der Waals surface area contributed by atoms with Crippen molar-refractivity contribution in [3.05, 3.63) is 40.6 Å². The maximum atomic E-state index is 12.4. The van der Waals surface area contributed by atoms with Crippen molar-refractivity contribution in [1.29, 1.82) is 0 Å². The monoisotopic (exact) mass is 373 g/mol. The number of aromatic nitrogens is 2. The van der Waals surface area contributed by atoms with Gasteiger partial charge in [0.1, 0.15) is 0 Å². The highest BCUT2D eigenvalue weighted by Gasteiger charge is 2.15. The highest BCUT2D eigenvalue weighted by Crippen LogP contribution is 2.33. The number of thiophene rings is 1. The maximum absolute atomic E-state index is 12.4. The fourth-order valence-corrected chi connectivity index (χ4v) is 3.39. The van der Waals surface area contributed by atoms with Gasteiger partial charge in [0, 0.05) is 11.8 Å². The average molecular weight is 373 g/mol. The number of ether oxygens (including phenoxy) is 2. The summed E-state index contributed by atoms with van der Waals surface area (Å²) in [7, 11) is 3.14. The Morgan fingerprint density at radius 3 is 2.62 bits per heavy atom. The SMILES string of the molecule is COc1ccc(CC(=O)Nc2cc(-c3noc(C)n3)sc2C)cc1OC. The van der Waals surface area contributed by atoms with E-state index in [4.69, 9.17) is 14.0 Å². The molecule has 1 amide bonds. The Kier molecular flexibility index (Phi) is 5.22. The minimum atomic E-state index is -0.117. The zero-order chi connectivity index (χ0) is 18.7. The van der Waals surface area contributed by atoms with Crippen LogP contribution in [0.15, 0.2) is 28.8 Å². The Bertz CT molecular complexity index is 932. The molecule has 0 aliphatic carbocycles. The van der Waals surface area contributed by atoms with E-state index in [1.807, 2.05) is 19.1 Å². The van der Waals surface area contributed by atoms with Gasteiger partial charge in [-0.25, -0.2) is 0 Å². The van der Waals surface area contributed by atoms with E-state index in [9.17, 15) is 4.79 Å². The molecule has 0 atom stereocenters. The van der Waals surface area contributed by atoms with Gasteiger partial charge in [0.2, 0.25) is 17.6 Å².